The van der Waals surface area contributed by atoms with E-state index in [-0.39, 0.29) is 51.2 Å². The van der Waals surface area contributed by atoms with Crippen LogP contribution >= 0.6 is 0 Å². The zero-order valence-corrected chi connectivity index (χ0v) is 28.1. The second kappa shape index (κ2) is 16.9. The normalized spacial score (nSPS) is 16.9. The van der Waals surface area contributed by atoms with Crippen molar-refractivity contribution in [3.63, 3.8) is 0 Å². The first-order valence-corrected chi connectivity index (χ1v) is 16.8. The number of carbonyl (C=O) groups excluding carboxylic acids is 5. The van der Waals surface area contributed by atoms with Crippen molar-refractivity contribution < 1.29 is 38.2 Å². The van der Waals surface area contributed by atoms with Crippen LogP contribution < -0.4 is 10.6 Å². The van der Waals surface area contributed by atoms with Gasteiger partial charge >= 0.3 is 24.2 Å². The van der Waals surface area contributed by atoms with Gasteiger partial charge in [-0.05, 0) is 41.2 Å². The quantitative estimate of drug-likeness (QED) is 0.0693. The maximum Gasteiger partial charge on any atom is 0.437 e. The van der Waals surface area contributed by atoms with Crippen LogP contribution in [-0.2, 0) is 43.6 Å². The Morgan fingerprint density at radius 3 is 1.73 bits per heavy atom. The summed E-state index contributed by atoms with van der Waals surface area (Å²) in [6.45, 7) is 0.540. The summed E-state index contributed by atoms with van der Waals surface area (Å²) in [6.07, 6.45) is -1.49. The molecule has 2 aliphatic heterocycles. The number of carbonyl (C=O) groups is 5. The summed E-state index contributed by atoms with van der Waals surface area (Å²) in [5, 5.41) is 5.22. The van der Waals surface area contributed by atoms with Crippen molar-refractivity contribution in [3.05, 3.63) is 138 Å². The van der Waals surface area contributed by atoms with Gasteiger partial charge < -0.3 is 24.4 Å². The van der Waals surface area contributed by atoms with Crippen molar-refractivity contribution >= 4 is 41.7 Å². The van der Waals surface area contributed by atoms with Crippen molar-refractivity contribution in [1.29, 1.82) is 0 Å². The molecule has 2 saturated heterocycles. The lowest BCUT2D eigenvalue weighted by Crippen LogP contribution is -2.68. The van der Waals surface area contributed by atoms with Gasteiger partial charge in [-0.15, -0.1) is 4.99 Å². The van der Waals surface area contributed by atoms with E-state index in [1.54, 1.807) is 47.4 Å². The third-order valence-corrected chi connectivity index (χ3v) is 8.60. The minimum Gasteiger partial charge on any atom is -0.459 e. The summed E-state index contributed by atoms with van der Waals surface area (Å²) in [7, 11) is 0. The monoisotopic (exact) mass is 703 g/mol. The molecular weight excluding hydrogens is 666 g/mol. The highest BCUT2D eigenvalue weighted by atomic mass is 16.6. The van der Waals surface area contributed by atoms with Crippen LogP contribution in [0, 0.1) is 11.8 Å². The fourth-order valence-electron chi connectivity index (χ4n) is 5.91. The van der Waals surface area contributed by atoms with Gasteiger partial charge in [-0.2, -0.15) is 0 Å². The molecule has 0 saturated carbocycles. The lowest BCUT2D eigenvalue weighted by Gasteiger charge is -2.48. The molecule has 13 nitrogen and oxygen atoms in total. The number of guanidine groups is 1. The Hall–Kier alpha value is -6.50. The van der Waals surface area contributed by atoms with Crippen molar-refractivity contribution in [3.8, 4) is 0 Å². The smallest absolute Gasteiger partial charge is 0.437 e. The van der Waals surface area contributed by atoms with Crippen molar-refractivity contribution in [2.24, 2.45) is 16.8 Å². The number of aliphatic imine (C=N–C) groups is 1. The molecule has 2 fully saturated rings. The number of hydrogen-bond donors (Lipinski definition) is 2. The fraction of sp³-hybridized carbons (Fsp3) is 0.231. The van der Waals surface area contributed by atoms with Crippen LogP contribution in [0.4, 0.5) is 20.1 Å². The van der Waals surface area contributed by atoms with E-state index >= 15 is 0 Å². The van der Waals surface area contributed by atoms with E-state index in [0.717, 1.165) is 21.6 Å². The number of likely N-dealkylation sites (tertiary alicyclic amines) is 2. The van der Waals surface area contributed by atoms with Crippen LogP contribution in [0.25, 0.3) is 0 Å². The van der Waals surface area contributed by atoms with E-state index in [9.17, 15) is 24.0 Å². The third-order valence-electron chi connectivity index (χ3n) is 8.60. The van der Waals surface area contributed by atoms with Crippen molar-refractivity contribution in [1.82, 2.24) is 15.1 Å². The van der Waals surface area contributed by atoms with Crippen LogP contribution in [-0.4, -0.2) is 65.0 Å². The lowest BCUT2D eigenvalue weighted by molar-refractivity contribution is -0.171. The predicted molar refractivity (Wildman–Crippen MR) is 189 cm³/mol. The largest absolute Gasteiger partial charge is 0.459 e. The van der Waals surface area contributed by atoms with E-state index in [1.165, 1.54) is 0 Å². The maximum absolute atomic E-state index is 13.4. The minimum atomic E-state index is -1.14. The lowest BCUT2D eigenvalue weighted by atomic mass is 9.78. The first kappa shape index (κ1) is 35.3. The maximum atomic E-state index is 13.4. The first-order valence-electron chi connectivity index (χ1n) is 16.8. The molecule has 0 unspecified atom stereocenters. The Balaban J connectivity index is 1.10. The van der Waals surface area contributed by atoms with Gasteiger partial charge in [-0.3, -0.25) is 10.1 Å². The third kappa shape index (κ3) is 9.18. The average Bonchev–Trinajstić information content (AvgIpc) is 3.15. The molecule has 2 aliphatic rings. The average molecular weight is 704 g/mol. The zero-order valence-electron chi connectivity index (χ0n) is 28.1. The molecule has 2 heterocycles. The number of esters is 1. The molecular formula is C39H37N5O8. The molecule has 266 valence electrons. The molecule has 4 aromatic rings. The van der Waals surface area contributed by atoms with Gasteiger partial charge in [0.05, 0.1) is 5.92 Å². The summed E-state index contributed by atoms with van der Waals surface area (Å²) < 4.78 is 16.2. The molecule has 0 aromatic heterocycles. The number of alkyl carbamates (subject to hydrolysis) is 1. The van der Waals surface area contributed by atoms with E-state index < -0.39 is 42.1 Å². The Morgan fingerprint density at radius 1 is 0.673 bits per heavy atom. The van der Waals surface area contributed by atoms with E-state index in [0.29, 0.717) is 5.69 Å². The Bertz CT molecular complexity index is 1890. The van der Waals surface area contributed by atoms with Crippen molar-refractivity contribution in [2.75, 3.05) is 18.4 Å². The van der Waals surface area contributed by atoms with Gasteiger partial charge in [-0.1, -0.05) is 109 Å². The fourth-order valence-corrected chi connectivity index (χ4v) is 5.91. The van der Waals surface area contributed by atoms with Crippen LogP contribution in [0.5, 0.6) is 0 Å². The number of amides is 5. The molecule has 13 heteroatoms. The Kier molecular flexibility index (Phi) is 11.5. The summed E-state index contributed by atoms with van der Waals surface area (Å²) >= 11 is 0. The van der Waals surface area contributed by atoms with Gasteiger partial charge in [0, 0.05) is 18.8 Å². The highest BCUT2D eigenvalue weighted by molar-refractivity contribution is 6.11. The topological polar surface area (TPSA) is 156 Å². The van der Waals surface area contributed by atoms with E-state index in [1.807, 2.05) is 78.9 Å². The zero-order chi connectivity index (χ0) is 36.3. The second-order valence-corrected chi connectivity index (χ2v) is 12.3. The molecule has 0 radical (unpaired) electrons. The number of rotatable bonds is 10. The molecule has 2 N–H and O–H groups in total. The van der Waals surface area contributed by atoms with Gasteiger partial charge in [0.2, 0.25) is 11.9 Å². The molecule has 6 rings (SSSR count). The van der Waals surface area contributed by atoms with Crippen molar-refractivity contribution in [2.45, 2.75) is 32.3 Å². The van der Waals surface area contributed by atoms with Crippen LogP contribution in [0.1, 0.15) is 23.1 Å². The van der Waals surface area contributed by atoms with Gasteiger partial charge in [0.1, 0.15) is 19.8 Å². The van der Waals surface area contributed by atoms with E-state index in [2.05, 4.69) is 15.6 Å². The summed E-state index contributed by atoms with van der Waals surface area (Å²) in [6, 6.07) is 34.0. The molecule has 0 aliphatic carbocycles. The number of nitrogens with one attached hydrogen (secondary N) is 2. The first-order chi connectivity index (χ1) is 25.3. The number of imide groups is 1. The van der Waals surface area contributed by atoms with Crippen LogP contribution in [0.3, 0.4) is 0 Å². The Labute approximate surface area is 300 Å². The minimum absolute atomic E-state index is 0.000926. The number of para-hydroxylation sites is 1. The van der Waals surface area contributed by atoms with Gasteiger partial charge in [0.25, 0.3) is 0 Å². The SMILES string of the molecule is O=C(/N=C(\NC(=O)OCc1ccccc1)N1CC(C[C@H]2C(=O)N(C(=O)Nc3ccccc3)[C@@H]2C(=O)OCc2ccccc2)C1)OCc1ccccc1. The summed E-state index contributed by atoms with van der Waals surface area (Å²) in [4.78, 5) is 72.1. The standard InChI is InChI=1S/C39H37N5O8/c45-34-32(33(35(46)50-24-27-13-5-1-6-14-27)44(34)37(47)40-31-19-11-4-12-20-31)21-30-22-43(23-30)36(41-38(48)51-25-28-15-7-2-8-16-28)42-39(49)52-26-29-17-9-3-10-18-29/h1-20,30,32-33H,21-26H2,(H,40,47)(H,41,42,48,49)/t32-,33+/m1/s1. The highest BCUT2D eigenvalue weighted by Crippen LogP contribution is 2.36. The second-order valence-electron chi connectivity index (χ2n) is 12.3. The van der Waals surface area contributed by atoms with Gasteiger partial charge in [-0.25, -0.2) is 24.1 Å². The highest BCUT2D eigenvalue weighted by Gasteiger charge is 2.56. The molecule has 0 bridgehead atoms. The molecule has 0 spiro atoms. The Morgan fingerprint density at radius 2 is 1.17 bits per heavy atom. The summed E-state index contributed by atoms with van der Waals surface area (Å²) in [5.74, 6) is -2.24. The van der Waals surface area contributed by atoms with Gasteiger partial charge in [0.15, 0.2) is 6.04 Å². The number of β-lactam (4-membered cyclic amide) rings is 1. The molecule has 2 atom stereocenters. The van der Waals surface area contributed by atoms with E-state index in [4.69, 9.17) is 14.2 Å². The molecule has 5 amide bonds. The number of benzene rings is 4. The molecule has 4 aromatic carbocycles. The predicted octanol–water partition coefficient (Wildman–Crippen LogP) is 5.73. The number of anilines is 1. The molecule has 52 heavy (non-hydrogen) atoms. The number of hydrogen-bond acceptors (Lipinski definition) is 8. The number of ether oxygens (including phenoxy) is 3. The number of urea groups is 1. The van der Waals surface area contributed by atoms with Crippen LogP contribution in [0.15, 0.2) is 126 Å². The number of nitrogens with zero attached hydrogens (tertiary/aromatic N) is 3. The summed E-state index contributed by atoms with van der Waals surface area (Å²) in [5.41, 5.74) is 2.77. The van der Waals surface area contributed by atoms with Crippen LogP contribution in [0.2, 0.25) is 0 Å².